The number of rotatable bonds is 9. The van der Waals surface area contributed by atoms with Crippen molar-refractivity contribution in [1.82, 2.24) is 15.3 Å². The van der Waals surface area contributed by atoms with Gasteiger partial charge in [-0.25, -0.2) is 9.97 Å². The van der Waals surface area contributed by atoms with Crippen LogP contribution in [-0.2, 0) is 17.8 Å². The van der Waals surface area contributed by atoms with Gasteiger partial charge in [-0.3, -0.25) is 4.79 Å². The van der Waals surface area contributed by atoms with E-state index in [1.807, 2.05) is 80.6 Å². The van der Waals surface area contributed by atoms with Gasteiger partial charge in [0.2, 0.25) is 5.91 Å². The standard InChI is InChI=1S/C28H29ClN4O/c1-3-26-31-25-18-23(29)14-15-24(25)28(32-26)33(19-21-10-6-4-7-11-21)17-16-27(34)30-20(2)22-12-8-5-9-13-22/h4-15,18,20H,3,16-17,19H2,1-2H3,(H,30,34)/t20-/m1/s1. The molecule has 0 unspecified atom stereocenters. The molecule has 0 spiro atoms. The smallest absolute Gasteiger partial charge is 0.222 e. The van der Waals surface area contributed by atoms with Gasteiger partial charge in [0.15, 0.2) is 0 Å². The molecular weight excluding hydrogens is 444 g/mol. The molecule has 34 heavy (non-hydrogen) atoms. The molecule has 0 saturated carbocycles. The molecule has 0 fully saturated rings. The molecule has 0 aliphatic carbocycles. The van der Waals surface area contributed by atoms with Crippen molar-refractivity contribution < 1.29 is 4.79 Å². The van der Waals surface area contributed by atoms with Crippen LogP contribution in [-0.4, -0.2) is 22.4 Å². The first-order chi connectivity index (χ1) is 16.5. The summed E-state index contributed by atoms with van der Waals surface area (Å²) in [6.45, 7) is 5.21. The highest BCUT2D eigenvalue weighted by Gasteiger charge is 2.18. The molecule has 4 rings (SSSR count). The number of carbonyl (C=O) groups is 1. The van der Waals surface area contributed by atoms with Crippen LogP contribution in [0.3, 0.4) is 0 Å². The fourth-order valence-electron chi connectivity index (χ4n) is 3.97. The minimum Gasteiger partial charge on any atom is -0.351 e. The van der Waals surface area contributed by atoms with Gasteiger partial charge in [-0.05, 0) is 36.2 Å². The van der Waals surface area contributed by atoms with Gasteiger partial charge < -0.3 is 10.2 Å². The van der Waals surface area contributed by atoms with E-state index in [1.165, 1.54) is 0 Å². The van der Waals surface area contributed by atoms with Gasteiger partial charge in [-0.1, -0.05) is 79.2 Å². The lowest BCUT2D eigenvalue weighted by molar-refractivity contribution is -0.121. The maximum Gasteiger partial charge on any atom is 0.222 e. The number of halogens is 1. The Labute approximate surface area is 205 Å². The Kier molecular flexibility index (Phi) is 7.76. The Balaban J connectivity index is 1.59. The number of anilines is 1. The molecule has 1 amide bonds. The highest BCUT2D eigenvalue weighted by Crippen LogP contribution is 2.28. The summed E-state index contributed by atoms with van der Waals surface area (Å²) in [6.07, 6.45) is 1.06. The van der Waals surface area contributed by atoms with Crippen molar-refractivity contribution in [2.75, 3.05) is 11.4 Å². The molecule has 0 aliphatic rings. The predicted octanol–water partition coefficient (Wildman–Crippen LogP) is 6.12. The van der Waals surface area contributed by atoms with Crippen molar-refractivity contribution in [3.05, 3.63) is 101 Å². The monoisotopic (exact) mass is 472 g/mol. The largest absolute Gasteiger partial charge is 0.351 e. The molecule has 6 heteroatoms. The van der Waals surface area contributed by atoms with Crippen LogP contribution < -0.4 is 10.2 Å². The van der Waals surface area contributed by atoms with Crippen molar-refractivity contribution in [2.24, 2.45) is 0 Å². The van der Waals surface area contributed by atoms with Crippen molar-refractivity contribution in [3.8, 4) is 0 Å². The number of hydrogen-bond acceptors (Lipinski definition) is 4. The Morgan fingerprint density at radius 3 is 2.41 bits per heavy atom. The molecule has 0 aliphatic heterocycles. The molecule has 1 heterocycles. The molecule has 1 atom stereocenters. The van der Waals surface area contributed by atoms with E-state index in [0.29, 0.717) is 31.0 Å². The number of benzene rings is 3. The van der Waals surface area contributed by atoms with E-state index in [9.17, 15) is 4.79 Å². The summed E-state index contributed by atoms with van der Waals surface area (Å²) in [4.78, 5) is 24.6. The van der Waals surface area contributed by atoms with Gasteiger partial charge in [0.1, 0.15) is 11.6 Å². The molecule has 174 valence electrons. The lowest BCUT2D eigenvalue weighted by Crippen LogP contribution is -2.32. The molecule has 1 aromatic heterocycles. The van der Waals surface area contributed by atoms with Crippen LogP contribution in [0.15, 0.2) is 78.9 Å². The quantitative estimate of drug-likeness (QED) is 0.319. The number of aryl methyl sites for hydroxylation is 1. The van der Waals surface area contributed by atoms with Gasteiger partial charge in [0.25, 0.3) is 0 Å². The Hall–Kier alpha value is -3.44. The van der Waals surface area contributed by atoms with Crippen molar-refractivity contribution >= 4 is 34.2 Å². The normalized spacial score (nSPS) is 11.9. The summed E-state index contributed by atoms with van der Waals surface area (Å²) >= 11 is 6.25. The van der Waals surface area contributed by atoms with Gasteiger partial charge in [-0.2, -0.15) is 0 Å². The molecule has 0 saturated heterocycles. The second-order valence-corrected chi connectivity index (χ2v) is 8.77. The second kappa shape index (κ2) is 11.1. The van der Waals surface area contributed by atoms with Crippen LogP contribution in [0, 0.1) is 0 Å². The third-order valence-electron chi connectivity index (χ3n) is 5.80. The molecule has 4 aromatic rings. The molecular formula is C28H29ClN4O. The average molecular weight is 473 g/mol. The molecule has 1 N–H and O–H groups in total. The summed E-state index contributed by atoms with van der Waals surface area (Å²) in [6, 6.07) is 25.9. The fraction of sp³-hybridized carbons (Fsp3) is 0.250. The minimum absolute atomic E-state index is 0.00605. The summed E-state index contributed by atoms with van der Waals surface area (Å²) < 4.78 is 0. The van der Waals surface area contributed by atoms with Crippen LogP contribution in [0.2, 0.25) is 5.02 Å². The topological polar surface area (TPSA) is 58.1 Å². The van der Waals surface area contributed by atoms with Crippen LogP contribution in [0.4, 0.5) is 5.82 Å². The van der Waals surface area contributed by atoms with E-state index < -0.39 is 0 Å². The van der Waals surface area contributed by atoms with Gasteiger partial charge in [0, 0.05) is 36.3 Å². The van der Waals surface area contributed by atoms with Gasteiger partial charge in [0.05, 0.1) is 11.6 Å². The predicted molar refractivity (Wildman–Crippen MR) is 139 cm³/mol. The summed E-state index contributed by atoms with van der Waals surface area (Å²) in [5.41, 5.74) is 3.05. The van der Waals surface area contributed by atoms with Crippen LogP contribution in [0.1, 0.15) is 43.3 Å². The zero-order valence-corrected chi connectivity index (χ0v) is 20.3. The van der Waals surface area contributed by atoms with E-state index in [1.54, 1.807) is 0 Å². The third-order valence-corrected chi connectivity index (χ3v) is 6.04. The number of nitrogens with one attached hydrogen (secondary N) is 1. The number of aromatic nitrogens is 2. The average Bonchev–Trinajstić information content (AvgIpc) is 2.86. The first-order valence-electron chi connectivity index (χ1n) is 11.6. The Morgan fingerprint density at radius 2 is 1.71 bits per heavy atom. The molecule has 3 aromatic carbocycles. The zero-order chi connectivity index (χ0) is 23.9. The highest BCUT2D eigenvalue weighted by molar-refractivity contribution is 6.31. The van der Waals surface area contributed by atoms with Crippen LogP contribution >= 0.6 is 11.6 Å². The summed E-state index contributed by atoms with van der Waals surface area (Å²) in [5, 5.41) is 4.69. The lowest BCUT2D eigenvalue weighted by atomic mass is 10.1. The summed E-state index contributed by atoms with van der Waals surface area (Å²) in [7, 11) is 0. The SMILES string of the molecule is CCc1nc(N(CCC(=O)N[C@H](C)c2ccccc2)Cc2ccccc2)c2ccc(Cl)cc2n1. The van der Waals surface area contributed by atoms with Crippen LogP contribution in [0.5, 0.6) is 0 Å². The molecule has 0 radical (unpaired) electrons. The van der Waals surface area contributed by atoms with E-state index in [0.717, 1.165) is 33.7 Å². The maximum atomic E-state index is 12.9. The fourth-order valence-corrected chi connectivity index (χ4v) is 4.14. The van der Waals surface area contributed by atoms with E-state index in [2.05, 4.69) is 27.3 Å². The first-order valence-corrected chi connectivity index (χ1v) is 12.0. The first kappa shape index (κ1) is 23.7. The van der Waals surface area contributed by atoms with Gasteiger partial charge in [-0.15, -0.1) is 0 Å². The number of hydrogen-bond donors (Lipinski definition) is 1. The Morgan fingerprint density at radius 1 is 1.00 bits per heavy atom. The minimum atomic E-state index is -0.0509. The van der Waals surface area contributed by atoms with Crippen molar-refractivity contribution in [1.29, 1.82) is 0 Å². The maximum absolute atomic E-state index is 12.9. The van der Waals surface area contributed by atoms with E-state index in [-0.39, 0.29) is 11.9 Å². The highest BCUT2D eigenvalue weighted by atomic mass is 35.5. The van der Waals surface area contributed by atoms with Crippen molar-refractivity contribution in [2.45, 2.75) is 39.3 Å². The zero-order valence-electron chi connectivity index (χ0n) is 19.5. The van der Waals surface area contributed by atoms with Crippen molar-refractivity contribution in [3.63, 3.8) is 0 Å². The number of fused-ring (bicyclic) bond motifs is 1. The van der Waals surface area contributed by atoms with Gasteiger partial charge >= 0.3 is 0 Å². The van der Waals surface area contributed by atoms with Crippen LogP contribution in [0.25, 0.3) is 10.9 Å². The number of carbonyl (C=O) groups excluding carboxylic acids is 1. The number of nitrogens with zero attached hydrogens (tertiary/aromatic N) is 3. The van der Waals surface area contributed by atoms with E-state index in [4.69, 9.17) is 16.6 Å². The lowest BCUT2D eigenvalue weighted by Gasteiger charge is -2.26. The van der Waals surface area contributed by atoms with E-state index >= 15 is 0 Å². The summed E-state index contributed by atoms with van der Waals surface area (Å²) in [5.74, 6) is 1.59. The third kappa shape index (κ3) is 5.91. The molecule has 5 nitrogen and oxygen atoms in total. The number of amides is 1. The second-order valence-electron chi connectivity index (χ2n) is 8.34. The Bertz CT molecular complexity index is 1250. The molecule has 0 bridgehead atoms.